The van der Waals surface area contributed by atoms with E-state index in [1.807, 2.05) is 32.3 Å². The highest BCUT2D eigenvalue weighted by Gasteiger charge is 2.07. The Morgan fingerprint density at radius 1 is 1.17 bits per heavy atom. The topological polar surface area (TPSA) is 65.1 Å². The van der Waals surface area contributed by atoms with Crippen LogP contribution in [0.1, 0.15) is 6.42 Å². The van der Waals surface area contributed by atoms with Crippen LogP contribution in [0.4, 0.5) is 5.69 Å². The van der Waals surface area contributed by atoms with E-state index in [9.17, 15) is 0 Å². The van der Waals surface area contributed by atoms with E-state index in [2.05, 4.69) is 27.1 Å². The Labute approximate surface area is 108 Å². The summed E-state index contributed by atoms with van der Waals surface area (Å²) in [6, 6.07) is 10.2. The van der Waals surface area contributed by atoms with Crippen LogP contribution in [0.3, 0.4) is 0 Å². The van der Waals surface area contributed by atoms with E-state index in [4.69, 9.17) is 10.9 Å². The molecule has 1 rings (SSSR count). The summed E-state index contributed by atoms with van der Waals surface area (Å²) in [4.78, 5) is 4.37. The second-order valence-electron chi connectivity index (χ2n) is 4.47. The van der Waals surface area contributed by atoms with Crippen LogP contribution in [0, 0.1) is 0 Å². The van der Waals surface area contributed by atoms with Crippen molar-refractivity contribution in [3.63, 3.8) is 0 Å². The van der Waals surface area contributed by atoms with Gasteiger partial charge in [-0.05, 0) is 26.2 Å². The first-order valence-electron chi connectivity index (χ1n) is 6.04. The SMILES string of the molecule is CN(C)CCN(CC/C(N)=N/O)c1ccccc1. The van der Waals surface area contributed by atoms with Gasteiger partial charge in [0.1, 0.15) is 5.84 Å². The van der Waals surface area contributed by atoms with E-state index < -0.39 is 0 Å². The molecule has 0 aromatic heterocycles. The Morgan fingerprint density at radius 3 is 2.39 bits per heavy atom. The Bertz CT molecular complexity index is 365. The highest BCUT2D eigenvalue weighted by molar-refractivity contribution is 5.80. The van der Waals surface area contributed by atoms with Gasteiger partial charge in [-0.25, -0.2) is 0 Å². The van der Waals surface area contributed by atoms with Gasteiger partial charge in [0.15, 0.2) is 0 Å². The third-order valence-corrected chi connectivity index (χ3v) is 2.70. The predicted octanol–water partition coefficient (Wildman–Crippen LogP) is 1.19. The number of rotatable bonds is 7. The fourth-order valence-electron chi connectivity index (χ4n) is 1.63. The molecule has 0 fully saturated rings. The molecule has 5 heteroatoms. The number of hydrogen-bond donors (Lipinski definition) is 2. The van der Waals surface area contributed by atoms with E-state index in [-0.39, 0.29) is 5.84 Å². The minimum atomic E-state index is 0.265. The second kappa shape index (κ2) is 7.55. The van der Waals surface area contributed by atoms with Gasteiger partial charge in [-0.1, -0.05) is 23.4 Å². The van der Waals surface area contributed by atoms with E-state index in [0.29, 0.717) is 6.42 Å². The minimum Gasteiger partial charge on any atom is -0.409 e. The van der Waals surface area contributed by atoms with Crippen LogP contribution in [0.5, 0.6) is 0 Å². The molecule has 0 aliphatic rings. The summed E-state index contributed by atoms with van der Waals surface area (Å²) in [7, 11) is 4.10. The number of likely N-dealkylation sites (N-methyl/N-ethyl adjacent to an activating group) is 1. The molecule has 0 saturated carbocycles. The van der Waals surface area contributed by atoms with Crippen LogP contribution in [0.2, 0.25) is 0 Å². The number of hydrogen-bond acceptors (Lipinski definition) is 4. The number of nitrogens with two attached hydrogens (primary N) is 1. The maximum Gasteiger partial charge on any atom is 0.140 e. The molecule has 5 nitrogen and oxygen atoms in total. The molecule has 0 aliphatic carbocycles. The zero-order valence-electron chi connectivity index (χ0n) is 11.1. The number of oxime groups is 1. The van der Waals surface area contributed by atoms with Crippen molar-refractivity contribution in [2.45, 2.75) is 6.42 Å². The molecule has 0 saturated heterocycles. The molecule has 0 bridgehead atoms. The molecule has 0 atom stereocenters. The highest BCUT2D eigenvalue weighted by Crippen LogP contribution is 2.13. The van der Waals surface area contributed by atoms with Crippen LogP contribution in [-0.4, -0.2) is 49.7 Å². The first-order chi connectivity index (χ1) is 8.63. The summed E-state index contributed by atoms with van der Waals surface area (Å²) >= 11 is 0. The average molecular weight is 250 g/mol. The number of nitrogens with zero attached hydrogens (tertiary/aromatic N) is 3. The molecule has 0 unspecified atom stereocenters. The first kappa shape index (κ1) is 14.3. The van der Waals surface area contributed by atoms with Crippen molar-refractivity contribution < 1.29 is 5.21 Å². The summed E-state index contributed by atoms with van der Waals surface area (Å²) < 4.78 is 0. The minimum absolute atomic E-state index is 0.265. The standard InChI is InChI=1S/C13H22N4O/c1-16(2)10-11-17(9-8-13(14)15-18)12-6-4-3-5-7-12/h3-7,18H,8-11H2,1-2H3,(H2,14,15). The Balaban J connectivity index is 2.63. The van der Waals surface area contributed by atoms with Crippen LogP contribution in [0.25, 0.3) is 0 Å². The van der Waals surface area contributed by atoms with Gasteiger partial charge < -0.3 is 20.7 Å². The van der Waals surface area contributed by atoms with Crippen molar-refractivity contribution in [2.24, 2.45) is 10.9 Å². The molecule has 0 heterocycles. The van der Waals surface area contributed by atoms with Gasteiger partial charge in [-0.3, -0.25) is 0 Å². The first-order valence-corrected chi connectivity index (χ1v) is 6.04. The van der Waals surface area contributed by atoms with Crippen LogP contribution in [-0.2, 0) is 0 Å². The van der Waals surface area contributed by atoms with E-state index in [1.165, 1.54) is 0 Å². The molecule has 1 aromatic carbocycles. The molecular formula is C13H22N4O. The van der Waals surface area contributed by atoms with Crippen molar-refractivity contribution in [3.05, 3.63) is 30.3 Å². The quantitative estimate of drug-likeness (QED) is 0.330. The van der Waals surface area contributed by atoms with Crippen molar-refractivity contribution >= 4 is 11.5 Å². The lowest BCUT2D eigenvalue weighted by molar-refractivity contribution is 0.317. The van der Waals surface area contributed by atoms with Gasteiger partial charge in [0.2, 0.25) is 0 Å². The number of amidine groups is 1. The highest BCUT2D eigenvalue weighted by atomic mass is 16.4. The summed E-state index contributed by atoms with van der Waals surface area (Å²) in [5.74, 6) is 0.265. The fourth-order valence-corrected chi connectivity index (χ4v) is 1.63. The molecule has 100 valence electrons. The van der Waals surface area contributed by atoms with Gasteiger partial charge in [0.05, 0.1) is 0 Å². The molecule has 0 aliphatic heterocycles. The second-order valence-corrected chi connectivity index (χ2v) is 4.47. The molecule has 0 spiro atoms. The van der Waals surface area contributed by atoms with E-state index in [0.717, 1.165) is 25.3 Å². The number of para-hydroxylation sites is 1. The smallest absolute Gasteiger partial charge is 0.140 e. The number of benzene rings is 1. The summed E-state index contributed by atoms with van der Waals surface area (Å²) in [5.41, 5.74) is 6.68. The lowest BCUT2D eigenvalue weighted by Crippen LogP contribution is -2.34. The molecule has 0 amide bonds. The molecule has 3 N–H and O–H groups in total. The van der Waals surface area contributed by atoms with E-state index >= 15 is 0 Å². The normalized spacial score (nSPS) is 11.8. The van der Waals surface area contributed by atoms with Crippen molar-refractivity contribution in [1.29, 1.82) is 0 Å². The zero-order valence-corrected chi connectivity index (χ0v) is 11.1. The summed E-state index contributed by atoms with van der Waals surface area (Å²) in [6.45, 7) is 2.62. The Morgan fingerprint density at radius 2 is 1.83 bits per heavy atom. The Kier molecular flexibility index (Phi) is 6.00. The van der Waals surface area contributed by atoms with Crippen molar-refractivity contribution in [3.8, 4) is 0 Å². The lowest BCUT2D eigenvalue weighted by atomic mass is 10.2. The monoisotopic (exact) mass is 250 g/mol. The van der Waals surface area contributed by atoms with Crippen molar-refractivity contribution in [2.75, 3.05) is 38.6 Å². The molecule has 0 radical (unpaired) electrons. The molecular weight excluding hydrogens is 228 g/mol. The number of anilines is 1. The molecule has 1 aromatic rings. The van der Waals surface area contributed by atoms with E-state index in [1.54, 1.807) is 0 Å². The predicted molar refractivity (Wildman–Crippen MR) is 75.2 cm³/mol. The van der Waals surface area contributed by atoms with Crippen LogP contribution >= 0.6 is 0 Å². The summed E-state index contributed by atoms with van der Waals surface area (Å²) in [6.07, 6.45) is 0.554. The van der Waals surface area contributed by atoms with Crippen molar-refractivity contribution in [1.82, 2.24) is 4.90 Å². The fraction of sp³-hybridized carbons (Fsp3) is 0.462. The van der Waals surface area contributed by atoms with Gasteiger partial charge in [0.25, 0.3) is 0 Å². The van der Waals surface area contributed by atoms with Gasteiger partial charge in [-0.2, -0.15) is 0 Å². The lowest BCUT2D eigenvalue weighted by Gasteiger charge is -2.26. The maximum absolute atomic E-state index is 8.57. The molecule has 18 heavy (non-hydrogen) atoms. The Hall–Kier alpha value is -1.75. The van der Waals surface area contributed by atoms with Gasteiger partial charge >= 0.3 is 0 Å². The largest absolute Gasteiger partial charge is 0.409 e. The zero-order chi connectivity index (χ0) is 13.4. The average Bonchev–Trinajstić information content (AvgIpc) is 2.39. The third kappa shape index (κ3) is 5.05. The van der Waals surface area contributed by atoms with Crippen LogP contribution < -0.4 is 10.6 Å². The third-order valence-electron chi connectivity index (χ3n) is 2.70. The summed E-state index contributed by atoms with van der Waals surface area (Å²) in [5, 5.41) is 11.6. The van der Waals surface area contributed by atoms with Crippen LogP contribution in [0.15, 0.2) is 35.5 Å². The van der Waals surface area contributed by atoms with Gasteiger partial charge in [0, 0.05) is 31.7 Å². The van der Waals surface area contributed by atoms with Gasteiger partial charge in [-0.15, -0.1) is 0 Å². The maximum atomic E-state index is 8.57.